The van der Waals surface area contributed by atoms with Crippen LogP contribution < -0.4 is 4.72 Å². The van der Waals surface area contributed by atoms with E-state index < -0.39 is 10.0 Å². The molecule has 0 saturated heterocycles. The van der Waals surface area contributed by atoms with E-state index in [1.165, 1.54) is 11.3 Å². The number of aromatic nitrogens is 1. The lowest BCUT2D eigenvalue weighted by Crippen LogP contribution is -2.26. The number of benzene rings is 1. The molecule has 0 aliphatic rings. The molecular weight excluding hydrogens is 280 g/mol. The van der Waals surface area contributed by atoms with Gasteiger partial charge in [-0.2, -0.15) is 0 Å². The number of hydrogen-bond acceptors (Lipinski definition) is 4. The SMILES string of the molecule is O=S(=O)(CCCc1ccccc1)NCc1cscn1. The number of nitrogens with one attached hydrogen (secondary N) is 1. The zero-order valence-corrected chi connectivity index (χ0v) is 12.1. The first kappa shape index (κ1) is 14.2. The maximum Gasteiger partial charge on any atom is 0.211 e. The van der Waals surface area contributed by atoms with Gasteiger partial charge in [0.05, 0.1) is 23.5 Å². The minimum atomic E-state index is -3.21. The highest BCUT2D eigenvalue weighted by Crippen LogP contribution is 2.05. The van der Waals surface area contributed by atoms with E-state index in [-0.39, 0.29) is 12.3 Å². The molecule has 1 heterocycles. The lowest BCUT2D eigenvalue weighted by molar-refractivity contribution is 0.578. The summed E-state index contributed by atoms with van der Waals surface area (Å²) in [5.41, 5.74) is 3.62. The van der Waals surface area contributed by atoms with Crippen LogP contribution in [0.5, 0.6) is 0 Å². The van der Waals surface area contributed by atoms with Gasteiger partial charge in [0.2, 0.25) is 10.0 Å². The maximum absolute atomic E-state index is 11.8. The second kappa shape index (κ2) is 6.79. The molecule has 102 valence electrons. The molecule has 0 radical (unpaired) electrons. The van der Waals surface area contributed by atoms with E-state index in [4.69, 9.17) is 0 Å². The van der Waals surface area contributed by atoms with Crippen LogP contribution in [0.25, 0.3) is 0 Å². The van der Waals surface area contributed by atoms with Crippen molar-refractivity contribution in [2.75, 3.05) is 5.75 Å². The first-order valence-electron chi connectivity index (χ1n) is 6.04. The standard InChI is InChI=1S/C13H16N2O2S2/c16-19(17,15-9-13-10-18-11-14-13)8-4-7-12-5-2-1-3-6-12/h1-3,5-6,10-11,15H,4,7-9H2. The van der Waals surface area contributed by atoms with Crippen molar-refractivity contribution in [3.63, 3.8) is 0 Å². The summed E-state index contributed by atoms with van der Waals surface area (Å²) in [6.07, 6.45) is 1.40. The lowest BCUT2D eigenvalue weighted by Gasteiger charge is -2.05. The highest BCUT2D eigenvalue weighted by molar-refractivity contribution is 7.89. The molecule has 2 aromatic rings. The van der Waals surface area contributed by atoms with E-state index in [0.29, 0.717) is 6.42 Å². The van der Waals surface area contributed by atoms with Gasteiger partial charge in [0, 0.05) is 5.38 Å². The Morgan fingerprint density at radius 2 is 2.00 bits per heavy atom. The zero-order chi connectivity index (χ0) is 13.6. The van der Waals surface area contributed by atoms with Crippen LogP contribution in [0.4, 0.5) is 0 Å². The highest BCUT2D eigenvalue weighted by Gasteiger charge is 2.10. The third kappa shape index (κ3) is 5.10. The first-order chi connectivity index (χ1) is 9.16. The molecule has 0 aliphatic heterocycles. The van der Waals surface area contributed by atoms with E-state index in [1.807, 2.05) is 35.7 Å². The lowest BCUT2D eigenvalue weighted by atomic mass is 10.1. The molecule has 2 rings (SSSR count). The smallest absolute Gasteiger partial charge is 0.211 e. The molecule has 1 aromatic heterocycles. The third-order valence-corrected chi connectivity index (χ3v) is 4.72. The fourth-order valence-corrected chi connectivity index (χ4v) is 3.29. The minimum Gasteiger partial charge on any atom is -0.248 e. The summed E-state index contributed by atoms with van der Waals surface area (Å²) in [5, 5.41) is 1.84. The van der Waals surface area contributed by atoms with Crippen LogP contribution >= 0.6 is 11.3 Å². The van der Waals surface area contributed by atoms with Gasteiger partial charge >= 0.3 is 0 Å². The Bertz CT molecular complexity index is 580. The molecule has 0 fully saturated rings. The molecule has 0 amide bonds. The van der Waals surface area contributed by atoms with E-state index in [2.05, 4.69) is 9.71 Å². The maximum atomic E-state index is 11.8. The van der Waals surface area contributed by atoms with E-state index in [1.54, 1.807) is 5.51 Å². The average molecular weight is 296 g/mol. The molecule has 0 bridgehead atoms. The highest BCUT2D eigenvalue weighted by atomic mass is 32.2. The molecular formula is C13H16N2O2S2. The van der Waals surface area contributed by atoms with E-state index in [9.17, 15) is 8.42 Å². The van der Waals surface area contributed by atoms with Crippen molar-refractivity contribution in [3.05, 3.63) is 52.5 Å². The van der Waals surface area contributed by atoms with Gasteiger partial charge in [-0.25, -0.2) is 18.1 Å². The largest absolute Gasteiger partial charge is 0.248 e. The molecule has 1 aromatic carbocycles. The van der Waals surface area contributed by atoms with Crippen LogP contribution in [0.1, 0.15) is 17.7 Å². The fraction of sp³-hybridized carbons (Fsp3) is 0.308. The van der Waals surface area contributed by atoms with Crippen molar-refractivity contribution in [3.8, 4) is 0 Å². The topological polar surface area (TPSA) is 59.1 Å². The Morgan fingerprint density at radius 1 is 1.21 bits per heavy atom. The summed E-state index contributed by atoms with van der Waals surface area (Å²) in [5.74, 6) is 0.145. The summed E-state index contributed by atoms with van der Waals surface area (Å²) < 4.78 is 26.1. The minimum absolute atomic E-state index is 0.145. The molecule has 0 saturated carbocycles. The number of sulfonamides is 1. The van der Waals surface area contributed by atoms with Crippen molar-refractivity contribution in [2.24, 2.45) is 0 Å². The Kier molecular flexibility index (Phi) is 5.07. The summed E-state index contributed by atoms with van der Waals surface area (Å²) in [4.78, 5) is 4.04. The summed E-state index contributed by atoms with van der Waals surface area (Å²) >= 11 is 1.46. The Morgan fingerprint density at radius 3 is 2.68 bits per heavy atom. The van der Waals surface area contributed by atoms with Crippen molar-refractivity contribution in [1.82, 2.24) is 9.71 Å². The number of hydrogen-bond donors (Lipinski definition) is 1. The molecule has 0 atom stereocenters. The van der Waals surface area contributed by atoms with E-state index >= 15 is 0 Å². The fourth-order valence-electron chi connectivity index (χ4n) is 1.69. The number of rotatable bonds is 7. The number of thiazole rings is 1. The van der Waals surface area contributed by atoms with Gasteiger partial charge < -0.3 is 0 Å². The first-order valence-corrected chi connectivity index (χ1v) is 8.63. The Balaban J connectivity index is 1.75. The van der Waals surface area contributed by atoms with Crippen LogP contribution in [0.3, 0.4) is 0 Å². The molecule has 6 heteroatoms. The van der Waals surface area contributed by atoms with Crippen LogP contribution in [0.15, 0.2) is 41.2 Å². The number of nitrogens with zero attached hydrogens (tertiary/aromatic N) is 1. The molecule has 0 unspecified atom stereocenters. The second-order valence-electron chi connectivity index (χ2n) is 4.21. The van der Waals surface area contributed by atoms with Crippen LogP contribution in [-0.2, 0) is 23.0 Å². The van der Waals surface area contributed by atoms with Gasteiger partial charge in [0.25, 0.3) is 0 Å². The summed E-state index contributed by atoms with van der Waals surface area (Å²) in [7, 11) is -3.21. The van der Waals surface area contributed by atoms with E-state index in [0.717, 1.165) is 17.7 Å². The predicted molar refractivity (Wildman–Crippen MR) is 77.5 cm³/mol. The second-order valence-corrected chi connectivity index (χ2v) is 6.85. The van der Waals surface area contributed by atoms with Gasteiger partial charge in [-0.1, -0.05) is 30.3 Å². The normalized spacial score (nSPS) is 11.6. The quantitative estimate of drug-likeness (QED) is 0.852. The van der Waals surface area contributed by atoms with Crippen molar-refractivity contribution in [2.45, 2.75) is 19.4 Å². The zero-order valence-electron chi connectivity index (χ0n) is 10.5. The van der Waals surface area contributed by atoms with Gasteiger partial charge in [-0.05, 0) is 18.4 Å². The summed E-state index contributed by atoms with van der Waals surface area (Å²) in [6.45, 7) is 0.275. The summed E-state index contributed by atoms with van der Waals surface area (Å²) in [6, 6.07) is 9.90. The molecule has 0 aliphatic carbocycles. The molecule has 19 heavy (non-hydrogen) atoms. The Hall–Kier alpha value is -1.24. The predicted octanol–water partition coefficient (Wildman–Crippen LogP) is 2.20. The average Bonchev–Trinajstić information content (AvgIpc) is 2.91. The van der Waals surface area contributed by atoms with Crippen LogP contribution in [0, 0.1) is 0 Å². The van der Waals surface area contributed by atoms with Crippen LogP contribution in [0.2, 0.25) is 0 Å². The molecule has 4 nitrogen and oxygen atoms in total. The van der Waals surface area contributed by atoms with Gasteiger partial charge in [0.1, 0.15) is 0 Å². The number of aryl methyl sites for hydroxylation is 1. The molecule has 0 spiro atoms. The monoisotopic (exact) mass is 296 g/mol. The Labute approximate surface area is 117 Å². The van der Waals surface area contributed by atoms with Crippen molar-refractivity contribution >= 4 is 21.4 Å². The van der Waals surface area contributed by atoms with Gasteiger partial charge in [0.15, 0.2) is 0 Å². The third-order valence-electron chi connectivity index (χ3n) is 2.68. The van der Waals surface area contributed by atoms with Crippen molar-refractivity contribution in [1.29, 1.82) is 0 Å². The van der Waals surface area contributed by atoms with Crippen molar-refractivity contribution < 1.29 is 8.42 Å². The van der Waals surface area contributed by atoms with Crippen LogP contribution in [-0.4, -0.2) is 19.2 Å². The van der Waals surface area contributed by atoms with Gasteiger partial charge in [-0.3, -0.25) is 0 Å². The van der Waals surface area contributed by atoms with Gasteiger partial charge in [-0.15, -0.1) is 11.3 Å². The molecule has 1 N–H and O–H groups in total.